The number of nitrogens with zero attached hydrogens (tertiary/aromatic N) is 2. The molecule has 2 saturated heterocycles. The quantitative estimate of drug-likeness (QED) is 0.828. The molecule has 6 nitrogen and oxygen atoms in total. The number of carbonyl (C=O) groups excluding carboxylic acids is 2. The first-order chi connectivity index (χ1) is 14.5. The van der Waals surface area contributed by atoms with Gasteiger partial charge in [0.2, 0.25) is 5.91 Å². The fourth-order valence-electron chi connectivity index (χ4n) is 4.04. The van der Waals surface area contributed by atoms with E-state index >= 15 is 0 Å². The lowest BCUT2D eigenvalue weighted by molar-refractivity contribution is -0.115. The summed E-state index contributed by atoms with van der Waals surface area (Å²) in [5, 5.41) is 2.98. The predicted octanol–water partition coefficient (Wildman–Crippen LogP) is 2.64. The second-order valence-corrected chi connectivity index (χ2v) is 8.19. The molecule has 0 unspecified atom stereocenters. The van der Waals surface area contributed by atoms with Crippen LogP contribution in [0.1, 0.15) is 27.0 Å². The molecule has 1 N–H and O–H groups in total. The van der Waals surface area contributed by atoms with Gasteiger partial charge in [-0.1, -0.05) is 30.3 Å². The molecule has 2 amide bonds. The number of aryl methyl sites for hydroxylation is 2. The van der Waals surface area contributed by atoms with Gasteiger partial charge in [0, 0.05) is 43.5 Å². The summed E-state index contributed by atoms with van der Waals surface area (Å²) >= 11 is 0. The van der Waals surface area contributed by atoms with E-state index in [-0.39, 0.29) is 11.8 Å². The molecule has 2 fully saturated rings. The van der Waals surface area contributed by atoms with Crippen molar-refractivity contribution in [1.82, 2.24) is 9.80 Å². The maximum absolute atomic E-state index is 12.9. The van der Waals surface area contributed by atoms with Crippen molar-refractivity contribution in [2.24, 2.45) is 0 Å². The van der Waals surface area contributed by atoms with E-state index in [4.69, 9.17) is 4.74 Å². The summed E-state index contributed by atoms with van der Waals surface area (Å²) in [4.78, 5) is 29.8. The average molecular weight is 408 g/mol. The first-order valence-electron chi connectivity index (χ1n) is 10.6. The van der Waals surface area contributed by atoms with E-state index in [1.807, 2.05) is 55.1 Å². The third-order valence-electron chi connectivity index (χ3n) is 6.08. The normalized spacial score (nSPS) is 17.5. The first kappa shape index (κ1) is 20.6. The SMILES string of the molecule is Cc1ccccc1CC(=O)Nc1cc(C(=O)N2CC(N3CCOCC3)C2)ccc1C. The molecule has 0 aliphatic carbocycles. The molecule has 6 heteroatoms. The van der Waals surface area contributed by atoms with Gasteiger partial charge in [-0.15, -0.1) is 0 Å². The molecule has 0 aromatic heterocycles. The number of nitrogens with one attached hydrogen (secondary N) is 1. The van der Waals surface area contributed by atoms with Gasteiger partial charge in [-0.05, 0) is 42.7 Å². The number of hydrogen-bond donors (Lipinski definition) is 1. The van der Waals surface area contributed by atoms with Crippen LogP contribution in [-0.2, 0) is 16.0 Å². The Kier molecular flexibility index (Phi) is 6.16. The Balaban J connectivity index is 1.37. The predicted molar refractivity (Wildman–Crippen MR) is 117 cm³/mol. The molecule has 0 atom stereocenters. The van der Waals surface area contributed by atoms with Crippen molar-refractivity contribution < 1.29 is 14.3 Å². The Bertz CT molecular complexity index is 931. The van der Waals surface area contributed by atoms with Crippen molar-refractivity contribution in [3.05, 3.63) is 64.7 Å². The molecular weight excluding hydrogens is 378 g/mol. The minimum absolute atomic E-state index is 0.0221. The minimum atomic E-state index is -0.0756. The van der Waals surface area contributed by atoms with Crippen LogP contribution in [0.25, 0.3) is 0 Å². The van der Waals surface area contributed by atoms with Crippen molar-refractivity contribution in [3.63, 3.8) is 0 Å². The van der Waals surface area contributed by atoms with Crippen LogP contribution in [0.2, 0.25) is 0 Å². The van der Waals surface area contributed by atoms with Gasteiger partial charge >= 0.3 is 0 Å². The highest BCUT2D eigenvalue weighted by molar-refractivity contribution is 5.98. The zero-order valence-electron chi connectivity index (χ0n) is 17.7. The highest BCUT2D eigenvalue weighted by atomic mass is 16.5. The van der Waals surface area contributed by atoms with E-state index in [0.29, 0.717) is 23.7 Å². The fourth-order valence-corrected chi connectivity index (χ4v) is 4.04. The Labute approximate surface area is 177 Å². The summed E-state index contributed by atoms with van der Waals surface area (Å²) < 4.78 is 5.41. The molecule has 2 aromatic carbocycles. The fraction of sp³-hybridized carbons (Fsp3) is 0.417. The highest BCUT2D eigenvalue weighted by Gasteiger charge is 2.35. The summed E-state index contributed by atoms with van der Waals surface area (Å²) in [6.45, 7) is 8.87. The summed E-state index contributed by atoms with van der Waals surface area (Å²) in [5.41, 5.74) is 4.37. The number of carbonyl (C=O) groups is 2. The Morgan fingerprint density at radius 1 is 1.03 bits per heavy atom. The number of benzene rings is 2. The molecule has 0 bridgehead atoms. The van der Waals surface area contributed by atoms with E-state index in [0.717, 1.165) is 56.1 Å². The van der Waals surface area contributed by atoms with Gasteiger partial charge < -0.3 is 15.0 Å². The van der Waals surface area contributed by atoms with Gasteiger partial charge in [-0.3, -0.25) is 14.5 Å². The zero-order valence-corrected chi connectivity index (χ0v) is 17.7. The smallest absolute Gasteiger partial charge is 0.254 e. The molecule has 30 heavy (non-hydrogen) atoms. The lowest BCUT2D eigenvalue weighted by Crippen LogP contribution is -2.62. The van der Waals surface area contributed by atoms with Crippen molar-refractivity contribution in [2.75, 3.05) is 44.7 Å². The van der Waals surface area contributed by atoms with Gasteiger partial charge in [0.05, 0.1) is 19.6 Å². The largest absolute Gasteiger partial charge is 0.379 e. The lowest BCUT2D eigenvalue weighted by Gasteiger charge is -2.46. The second-order valence-electron chi connectivity index (χ2n) is 8.19. The Hall–Kier alpha value is -2.70. The van der Waals surface area contributed by atoms with Crippen LogP contribution in [0.3, 0.4) is 0 Å². The van der Waals surface area contributed by atoms with Crippen molar-refractivity contribution >= 4 is 17.5 Å². The number of amides is 2. The van der Waals surface area contributed by atoms with Crippen LogP contribution >= 0.6 is 0 Å². The number of morpholine rings is 1. The van der Waals surface area contributed by atoms with Crippen LogP contribution in [0.4, 0.5) is 5.69 Å². The summed E-state index contributed by atoms with van der Waals surface area (Å²) in [6, 6.07) is 13.9. The van der Waals surface area contributed by atoms with E-state index in [9.17, 15) is 9.59 Å². The maximum atomic E-state index is 12.9. The molecule has 0 spiro atoms. The second kappa shape index (κ2) is 8.98. The standard InChI is InChI=1S/C24H29N3O3/c1-17-5-3-4-6-19(17)14-23(28)25-22-13-20(8-7-18(22)2)24(29)27-15-21(16-27)26-9-11-30-12-10-26/h3-8,13,21H,9-12,14-16H2,1-2H3,(H,25,28). The van der Waals surface area contributed by atoms with E-state index in [2.05, 4.69) is 10.2 Å². The molecular formula is C24H29N3O3. The van der Waals surface area contributed by atoms with Gasteiger partial charge in [-0.2, -0.15) is 0 Å². The molecule has 2 aromatic rings. The zero-order chi connectivity index (χ0) is 21.1. The molecule has 4 rings (SSSR count). The highest BCUT2D eigenvalue weighted by Crippen LogP contribution is 2.23. The number of rotatable bonds is 5. The van der Waals surface area contributed by atoms with Crippen molar-refractivity contribution in [3.8, 4) is 0 Å². The first-order valence-corrected chi connectivity index (χ1v) is 10.6. The van der Waals surface area contributed by atoms with Gasteiger partial charge in [0.1, 0.15) is 0 Å². The maximum Gasteiger partial charge on any atom is 0.254 e. The van der Waals surface area contributed by atoms with Gasteiger partial charge in [0.25, 0.3) is 5.91 Å². The third kappa shape index (κ3) is 4.55. The average Bonchev–Trinajstić information content (AvgIpc) is 2.71. The summed E-state index contributed by atoms with van der Waals surface area (Å²) in [6.07, 6.45) is 0.317. The third-order valence-corrected chi connectivity index (χ3v) is 6.08. The molecule has 2 aliphatic heterocycles. The molecule has 0 saturated carbocycles. The van der Waals surface area contributed by atoms with Crippen LogP contribution in [0.15, 0.2) is 42.5 Å². The molecule has 2 heterocycles. The molecule has 0 radical (unpaired) electrons. The van der Waals surface area contributed by atoms with E-state index < -0.39 is 0 Å². The Morgan fingerprint density at radius 3 is 2.50 bits per heavy atom. The number of hydrogen-bond acceptors (Lipinski definition) is 4. The monoisotopic (exact) mass is 407 g/mol. The van der Waals surface area contributed by atoms with Gasteiger partial charge in [-0.25, -0.2) is 0 Å². The van der Waals surface area contributed by atoms with E-state index in [1.54, 1.807) is 6.07 Å². The minimum Gasteiger partial charge on any atom is -0.379 e. The van der Waals surface area contributed by atoms with Crippen LogP contribution < -0.4 is 5.32 Å². The summed E-state index contributed by atoms with van der Waals surface area (Å²) in [5.74, 6) is -0.0535. The number of likely N-dealkylation sites (tertiary alicyclic amines) is 1. The van der Waals surface area contributed by atoms with E-state index in [1.165, 1.54) is 0 Å². The van der Waals surface area contributed by atoms with Crippen LogP contribution in [-0.4, -0.2) is 67.0 Å². The molecule has 158 valence electrons. The number of anilines is 1. The summed E-state index contributed by atoms with van der Waals surface area (Å²) in [7, 11) is 0. The van der Waals surface area contributed by atoms with Crippen molar-refractivity contribution in [2.45, 2.75) is 26.3 Å². The Morgan fingerprint density at radius 2 is 1.77 bits per heavy atom. The van der Waals surface area contributed by atoms with Gasteiger partial charge in [0.15, 0.2) is 0 Å². The lowest BCUT2D eigenvalue weighted by atomic mass is 10.0. The van der Waals surface area contributed by atoms with Crippen molar-refractivity contribution in [1.29, 1.82) is 0 Å². The van der Waals surface area contributed by atoms with Crippen LogP contribution in [0.5, 0.6) is 0 Å². The topological polar surface area (TPSA) is 61.9 Å². The number of ether oxygens (including phenoxy) is 1. The van der Waals surface area contributed by atoms with Crippen LogP contribution in [0, 0.1) is 13.8 Å². The molecule has 2 aliphatic rings.